The highest BCUT2D eigenvalue weighted by Gasteiger charge is 2.27. The second-order valence-electron chi connectivity index (χ2n) is 5.19. The third-order valence-electron chi connectivity index (χ3n) is 3.68. The van der Waals surface area contributed by atoms with Crippen molar-refractivity contribution >= 4 is 17.3 Å². The van der Waals surface area contributed by atoms with Crippen LogP contribution in [0.25, 0.3) is 0 Å². The molecule has 1 fully saturated rings. The van der Waals surface area contributed by atoms with Crippen molar-refractivity contribution in [1.82, 2.24) is 5.32 Å². The molecule has 6 heteroatoms. The van der Waals surface area contributed by atoms with Crippen LogP contribution in [-0.2, 0) is 4.79 Å². The number of carbonyl (C=O) groups is 1. The molecule has 0 aliphatic carbocycles. The van der Waals surface area contributed by atoms with Gasteiger partial charge in [-0.05, 0) is 37.6 Å². The van der Waals surface area contributed by atoms with Crippen LogP contribution in [0.3, 0.4) is 0 Å². The van der Waals surface area contributed by atoms with Crippen molar-refractivity contribution in [3.05, 3.63) is 24.3 Å². The normalized spacial score (nSPS) is 21.3. The Morgan fingerprint density at radius 1 is 1.43 bits per heavy atom. The molecule has 0 bridgehead atoms. The number of hydrogen-bond donors (Lipinski definition) is 4. The average molecular weight is 293 g/mol. The molecule has 0 spiro atoms. The zero-order valence-electron chi connectivity index (χ0n) is 12.2. The summed E-state index contributed by atoms with van der Waals surface area (Å²) in [6.45, 7) is 4.01. The van der Waals surface area contributed by atoms with Crippen molar-refractivity contribution < 1.29 is 15.0 Å². The average Bonchev–Trinajstić information content (AvgIpc) is 2.92. The summed E-state index contributed by atoms with van der Waals surface area (Å²) >= 11 is 0. The largest absolute Gasteiger partial charge is 0.395 e. The van der Waals surface area contributed by atoms with E-state index < -0.39 is 6.10 Å². The van der Waals surface area contributed by atoms with Crippen LogP contribution in [-0.4, -0.2) is 54.5 Å². The molecule has 0 radical (unpaired) electrons. The summed E-state index contributed by atoms with van der Waals surface area (Å²) in [5.74, 6) is -0.123. The zero-order chi connectivity index (χ0) is 15.2. The van der Waals surface area contributed by atoms with Gasteiger partial charge in [0, 0.05) is 31.0 Å². The van der Waals surface area contributed by atoms with Gasteiger partial charge >= 0.3 is 0 Å². The number of hydrogen-bond acceptors (Lipinski definition) is 5. The van der Waals surface area contributed by atoms with Crippen molar-refractivity contribution in [2.24, 2.45) is 0 Å². The molecule has 1 aliphatic heterocycles. The van der Waals surface area contributed by atoms with Gasteiger partial charge in [0.1, 0.15) is 0 Å². The van der Waals surface area contributed by atoms with E-state index in [1.807, 2.05) is 31.2 Å². The summed E-state index contributed by atoms with van der Waals surface area (Å²) < 4.78 is 0. The molecule has 6 nitrogen and oxygen atoms in total. The van der Waals surface area contributed by atoms with Gasteiger partial charge in [-0.2, -0.15) is 0 Å². The maximum absolute atomic E-state index is 12.0. The standard InChI is InChI=1S/C15H23N3O3/c1-2-18(7-8-19)12-5-3-11(4-6-12)17-15(21)14-9-13(20)10-16-14/h3-6,13-14,16,19-20H,2,7-10H2,1H3,(H,17,21). The van der Waals surface area contributed by atoms with Crippen LogP contribution in [0, 0.1) is 0 Å². The van der Waals surface area contributed by atoms with Crippen molar-refractivity contribution in [3.8, 4) is 0 Å². The Morgan fingerprint density at radius 3 is 2.67 bits per heavy atom. The molecule has 116 valence electrons. The maximum Gasteiger partial charge on any atom is 0.241 e. The Hall–Kier alpha value is -1.63. The molecule has 1 aromatic rings. The van der Waals surface area contributed by atoms with E-state index in [1.54, 1.807) is 0 Å². The Labute approximate surface area is 124 Å². The molecule has 1 amide bonds. The minimum atomic E-state index is -0.445. The number of aliphatic hydroxyl groups excluding tert-OH is 2. The minimum absolute atomic E-state index is 0.113. The molecular formula is C15H23N3O3. The Balaban J connectivity index is 1.94. The lowest BCUT2D eigenvalue weighted by Crippen LogP contribution is -2.35. The van der Waals surface area contributed by atoms with Crippen molar-refractivity contribution in [2.75, 3.05) is 36.5 Å². The maximum atomic E-state index is 12.0. The molecule has 1 aliphatic rings. The van der Waals surface area contributed by atoms with Crippen LogP contribution in [0.2, 0.25) is 0 Å². The highest BCUT2D eigenvalue weighted by atomic mass is 16.3. The zero-order valence-corrected chi connectivity index (χ0v) is 12.2. The number of amides is 1. The highest BCUT2D eigenvalue weighted by Crippen LogP contribution is 2.18. The summed E-state index contributed by atoms with van der Waals surface area (Å²) in [6, 6.07) is 7.20. The highest BCUT2D eigenvalue weighted by molar-refractivity contribution is 5.95. The number of likely N-dealkylation sites (N-methyl/N-ethyl adjacent to an activating group) is 1. The quantitative estimate of drug-likeness (QED) is 0.601. The minimum Gasteiger partial charge on any atom is -0.395 e. The number of anilines is 2. The van der Waals surface area contributed by atoms with E-state index in [0.717, 1.165) is 17.9 Å². The predicted molar refractivity (Wildman–Crippen MR) is 82.5 cm³/mol. The molecule has 0 aromatic heterocycles. The van der Waals surface area contributed by atoms with E-state index in [-0.39, 0.29) is 18.6 Å². The van der Waals surface area contributed by atoms with Gasteiger partial charge in [-0.3, -0.25) is 4.79 Å². The van der Waals surface area contributed by atoms with E-state index in [4.69, 9.17) is 5.11 Å². The monoisotopic (exact) mass is 293 g/mol. The number of aliphatic hydroxyl groups is 2. The van der Waals surface area contributed by atoms with Gasteiger partial charge in [0.25, 0.3) is 0 Å². The van der Waals surface area contributed by atoms with Gasteiger partial charge in [0.15, 0.2) is 0 Å². The van der Waals surface area contributed by atoms with Gasteiger partial charge in [-0.15, -0.1) is 0 Å². The second kappa shape index (κ2) is 7.40. The van der Waals surface area contributed by atoms with Crippen molar-refractivity contribution in [3.63, 3.8) is 0 Å². The third-order valence-corrected chi connectivity index (χ3v) is 3.68. The topological polar surface area (TPSA) is 84.8 Å². The lowest BCUT2D eigenvalue weighted by molar-refractivity contribution is -0.117. The molecule has 2 atom stereocenters. The van der Waals surface area contributed by atoms with Crippen LogP contribution < -0.4 is 15.5 Å². The smallest absolute Gasteiger partial charge is 0.241 e. The predicted octanol–water partition coefficient (Wildman–Crippen LogP) is 0.166. The number of nitrogens with zero attached hydrogens (tertiary/aromatic N) is 1. The van der Waals surface area contributed by atoms with E-state index >= 15 is 0 Å². The van der Waals surface area contributed by atoms with E-state index in [0.29, 0.717) is 19.5 Å². The van der Waals surface area contributed by atoms with Crippen LogP contribution in [0.5, 0.6) is 0 Å². The van der Waals surface area contributed by atoms with Crippen LogP contribution >= 0.6 is 0 Å². The fourth-order valence-electron chi connectivity index (χ4n) is 2.49. The lowest BCUT2D eigenvalue weighted by Gasteiger charge is -2.22. The molecule has 2 rings (SSSR count). The van der Waals surface area contributed by atoms with Crippen LogP contribution in [0.1, 0.15) is 13.3 Å². The third kappa shape index (κ3) is 4.17. The number of nitrogens with one attached hydrogen (secondary N) is 2. The second-order valence-corrected chi connectivity index (χ2v) is 5.19. The van der Waals surface area contributed by atoms with Gasteiger partial charge in [0.05, 0.1) is 18.8 Å². The van der Waals surface area contributed by atoms with Crippen LogP contribution in [0.4, 0.5) is 11.4 Å². The molecule has 1 saturated heterocycles. The molecule has 1 heterocycles. The summed E-state index contributed by atoms with van der Waals surface area (Å²) in [6.07, 6.45) is 0.00374. The van der Waals surface area contributed by atoms with Gasteiger partial charge in [-0.1, -0.05) is 0 Å². The fraction of sp³-hybridized carbons (Fsp3) is 0.533. The SMILES string of the molecule is CCN(CCO)c1ccc(NC(=O)C2CC(O)CN2)cc1. The molecule has 1 aromatic carbocycles. The summed E-state index contributed by atoms with van der Waals surface area (Å²) in [7, 11) is 0. The van der Waals surface area contributed by atoms with E-state index in [9.17, 15) is 9.90 Å². The first-order chi connectivity index (χ1) is 10.1. The number of carbonyl (C=O) groups excluding carboxylic acids is 1. The van der Waals surface area contributed by atoms with Crippen molar-refractivity contribution in [2.45, 2.75) is 25.5 Å². The molecule has 4 N–H and O–H groups in total. The molecule has 21 heavy (non-hydrogen) atoms. The Kier molecular flexibility index (Phi) is 5.55. The first-order valence-electron chi connectivity index (χ1n) is 7.32. The van der Waals surface area contributed by atoms with E-state index in [1.165, 1.54) is 0 Å². The Morgan fingerprint density at radius 2 is 2.14 bits per heavy atom. The summed E-state index contributed by atoms with van der Waals surface area (Å²) in [4.78, 5) is 14.1. The number of β-amino-alcohol motifs (C(OH)–C–C–N with tert-alkyl or cyclic N) is 1. The van der Waals surface area contributed by atoms with Gasteiger partial charge in [0.2, 0.25) is 5.91 Å². The van der Waals surface area contributed by atoms with Gasteiger partial charge < -0.3 is 25.7 Å². The van der Waals surface area contributed by atoms with Gasteiger partial charge in [-0.25, -0.2) is 0 Å². The van der Waals surface area contributed by atoms with E-state index in [2.05, 4.69) is 15.5 Å². The molecule has 2 unspecified atom stereocenters. The summed E-state index contributed by atoms with van der Waals surface area (Å²) in [5.41, 5.74) is 1.74. The number of rotatable bonds is 6. The fourth-order valence-corrected chi connectivity index (χ4v) is 2.49. The number of benzene rings is 1. The van der Waals surface area contributed by atoms with Crippen LogP contribution in [0.15, 0.2) is 24.3 Å². The molecular weight excluding hydrogens is 270 g/mol. The lowest BCUT2D eigenvalue weighted by atomic mass is 10.2. The van der Waals surface area contributed by atoms with Crippen molar-refractivity contribution in [1.29, 1.82) is 0 Å². The molecule has 0 saturated carbocycles. The first-order valence-corrected chi connectivity index (χ1v) is 7.32. The summed E-state index contributed by atoms with van der Waals surface area (Å²) in [5, 5.41) is 24.3. The first kappa shape index (κ1) is 15.8. The Bertz CT molecular complexity index is 464.